The van der Waals surface area contributed by atoms with Crippen LogP contribution in [0.1, 0.15) is 31.7 Å². The fourth-order valence-electron chi connectivity index (χ4n) is 2.82. The lowest BCUT2D eigenvalue weighted by Crippen LogP contribution is -2.03. The van der Waals surface area contributed by atoms with Crippen LogP contribution < -0.4 is 0 Å². The van der Waals surface area contributed by atoms with Gasteiger partial charge in [-0.3, -0.25) is 0 Å². The maximum atomic E-state index is 12.2. The Morgan fingerprint density at radius 2 is 1.88 bits per heavy atom. The minimum Gasteiger partial charge on any atom is -0.401 e. The predicted molar refractivity (Wildman–Crippen MR) is 101 cm³/mol. The quantitative estimate of drug-likeness (QED) is 0.498. The Balaban J connectivity index is 1.79. The summed E-state index contributed by atoms with van der Waals surface area (Å²) in [4.78, 5) is 29.4. The molecule has 0 bridgehead atoms. The molecule has 0 unspecified atom stereocenters. The Morgan fingerprint density at radius 3 is 2.60 bits per heavy atom. The zero-order valence-electron chi connectivity index (χ0n) is 14.2. The third-order valence-electron chi connectivity index (χ3n) is 3.96. The molecule has 4 rings (SSSR count). The number of carbonyl (C=O) groups is 1. The summed E-state index contributed by atoms with van der Waals surface area (Å²) in [5.74, 6) is 0.705. The molecular weight excluding hydrogens is 354 g/mol. The molecule has 25 heavy (non-hydrogen) atoms. The second-order valence-electron chi connectivity index (χ2n) is 5.87. The van der Waals surface area contributed by atoms with Crippen molar-refractivity contribution in [2.24, 2.45) is 4.99 Å². The largest absolute Gasteiger partial charge is 0.401 e. The lowest BCUT2D eigenvalue weighted by molar-refractivity contribution is -0.129. The number of nitrogens with zero attached hydrogens (tertiary/aromatic N) is 3. The first-order valence-corrected chi connectivity index (χ1v) is 9.39. The van der Waals surface area contributed by atoms with E-state index in [4.69, 9.17) is 4.74 Å². The SMILES string of the molecule is Cc1nc(C)c2c(C)c(C=C3N=C(c4ccc(C)s4)OC3=O)sc2n1. The van der Waals surface area contributed by atoms with Gasteiger partial charge in [0.05, 0.1) is 4.88 Å². The van der Waals surface area contributed by atoms with Crippen LogP contribution in [-0.2, 0) is 9.53 Å². The van der Waals surface area contributed by atoms with E-state index in [0.29, 0.717) is 11.6 Å². The van der Waals surface area contributed by atoms with Crippen molar-refractivity contribution in [2.45, 2.75) is 27.7 Å². The number of hydrogen-bond acceptors (Lipinski definition) is 7. The Labute approximate surface area is 152 Å². The van der Waals surface area contributed by atoms with Gasteiger partial charge in [0.2, 0.25) is 5.90 Å². The molecule has 126 valence electrons. The predicted octanol–water partition coefficient (Wildman–Crippen LogP) is 4.33. The standard InChI is InChI=1S/C18H15N3O2S2/c1-8-5-6-13(24-8)16-21-12(18(22)23-16)7-14-9(2)15-10(3)19-11(4)20-17(15)25-14/h5-7H,1-4H3. The Morgan fingerprint density at radius 1 is 1.08 bits per heavy atom. The number of aliphatic imine (C=N–C) groups is 1. The zero-order chi connectivity index (χ0) is 17.7. The molecule has 0 aromatic carbocycles. The van der Waals surface area contributed by atoms with Gasteiger partial charge < -0.3 is 4.74 Å². The van der Waals surface area contributed by atoms with Crippen LogP contribution in [-0.4, -0.2) is 21.8 Å². The molecule has 1 aliphatic heterocycles. The van der Waals surface area contributed by atoms with Crippen molar-refractivity contribution in [3.05, 3.63) is 49.5 Å². The first-order valence-electron chi connectivity index (χ1n) is 7.76. The summed E-state index contributed by atoms with van der Waals surface area (Å²) in [5, 5.41) is 1.05. The van der Waals surface area contributed by atoms with E-state index in [9.17, 15) is 4.79 Å². The van der Waals surface area contributed by atoms with Crippen molar-refractivity contribution in [2.75, 3.05) is 0 Å². The van der Waals surface area contributed by atoms with Crippen molar-refractivity contribution in [3.8, 4) is 0 Å². The minimum absolute atomic E-state index is 0.318. The summed E-state index contributed by atoms with van der Waals surface area (Å²) in [6.07, 6.45) is 1.78. The molecule has 0 aliphatic carbocycles. The van der Waals surface area contributed by atoms with Gasteiger partial charge in [-0.15, -0.1) is 22.7 Å². The van der Waals surface area contributed by atoms with Crippen molar-refractivity contribution < 1.29 is 9.53 Å². The normalized spacial score (nSPS) is 15.9. The average molecular weight is 369 g/mol. The maximum Gasteiger partial charge on any atom is 0.363 e. The molecule has 0 saturated carbocycles. The summed E-state index contributed by atoms with van der Waals surface area (Å²) < 4.78 is 5.33. The number of ether oxygens (including phenoxy) is 1. The van der Waals surface area contributed by atoms with Crippen LogP contribution in [0.4, 0.5) is 0 Å². The van der Waals surface area contributed by atoms with Crippen LogP contribution in [0.25, 0.3) is 16.3 Å². The number of cyclic esters (lactones) is 1. The van der Waals surface area contributed by atoms with Gasteiger partial charge in [0.25, 0.3) is 0 Å². The highest BCUT2D eigenvalue weighted by Gasteiger charge is 2.26. The minimum atomic E-state index is -0.420. The maximum absolute atomic E-state index is 12.2. The third-order valence-corrected chi connectivity index (χ3v) is 6.08. The molecule has 0 saturated heterocycles. The monoisotopic (exact) mass is 369 g/mol. The molecule has 0 amide bonds. The highest BCUT2D eigenvalue weighted by molar-refractivity contribution is 7.19. The Bertz CT molecular complexity index is 1090. The van der Waals surface area contributed by atoms with E-state index >= 15 is 0 Å². The molecule has 3 aromatic heterocycles. The van der Waals surface area contributed by atoms with Crippen molar-refractivity contribution in [1.82, 2.24) is 9.97 Å². The van der Waals surface area contributed by atoms with Gasteiger partial charge >= 0.3 is 5.97 Å². The van der Waals surface area contributed by atoms with E-state index < -0.39 is 5.97 Å². The molecular formula is C18H15N3O2S2. The smallest absolute Gasteiger partial charge is 0.363 e. The average Bonchev–Trinajstić information content (AvgIpc) is 3.19. The van der Waals surface area contributed by atoms with Crippen LogP contribution >= 0.6 is 22.7 Å². The van der Waals surface area contributed by atoms with E-state index in [0.717, 1.165) is 41.9 Å². The lowest BCUT2D eigenvalue weighted by atomic mass is 10.1. The topological polar surface area (TPSA) is 64.4 Å². The summed E-state index contributed by atoms with van der Waals surface area (Å²) in [6, 6.07) is 3.90. The van der Waals surface area contributed by atoms with Crippen LogP contribution in [0.15, 0.2) is 22.8 Å². The molecule has 0 radical (unpaired) electrons. The molecule has 3 aromatic rings. The second-order valence-corrected chi connectivity index (χ2v) is 8.19. The van der Waals surface area contributed by atoms with Crippen molar-refractivity contribution >= 4 is 50.8 Å². The van der Waals surface area contributed by atoms with Crippen LogP contribution in [0.3, 0.4) is 0 Å². The van der Waals surface area contributed by atoms with Crippen molar-refractivity contribution in [1.29, 1.82) is 0 Å². The molecule has 7 heteroatoms. The van der Waals surface area contributed by atoms with Gasteiger partial charge in [0.15, 0.2) is 5.70 Å². The molecule has 0 fully saturated rings. The second kappa shape index (κ2) is 5.86. The first kappa shape index (κ1) is 16.1. The van der Waals surface area contributed by atoms with E-state index in [-0.39, 0.29) is 0 Å². The summed E-state index contributed by atoms with van der Waals surface area (Å²) in [6.45, 7) is 7.89. The van der Waals surface area contributed by atoms with Crippen LogP contribution in [0.5, 0.6) is 0 Å². The van der Waals surface area contributed by atoms with E-state index in [2.05, 4.69) is 15.0 Å². The third kappa shape index (κ3) is 2.79. The van der Waals surface area contributed by atoms with Gasteiger partial charge in [-0.2, -0.15) is 0 Å². The fourth-order valence-corrected chi connectivity index (χ4v) is 4.82. The molecule has 5 nitrogen and oxygen atoms in total. The van der Waals surface area contributed by atoms with Gasteiger partial charge in [-0.25, -0.2) is 19.8 Å². The zero-order valence-corrected chi connectivity index (χ0v) is 15.8. The Kier molecular flexibility index (Phi) is 3.77. The number of fused-ring (bicyclic) bond motifs is 1. The van der Waals surface area contributed by atoms with Gasteiger partial charge in [0, 0.05) is 20.8 Å². The first-order chi connectivity index (χ1) is 11.9. The van der Waals surface area contributed by atoms with Gasteiger partial charge in [0.1, 0.15) is 10.7 Å². The highest BCUT2D eigenvalue weighted by atomic mass is 32.1. The number of aryl methyl sites for hydroxylation is 4. The number of esters is 1. The van der Waals surface area contributed by atoms with E-state index in [1.807, 2.05) is 39.8 Å². The van der Waals surface area contributed by atoms with E-state index in [1.54, 1.807) is 28.7 Å². The molecule has 0 N–H and O–H groups in total. The molecule has 1 aliphatic rings. The van der Waals surface area contributed by atoms with Crippen molar-refractivity contribution in [3.63, 3.8) is 0 Å². The number of rotatable bonds is 2. The number of carbonyl (C=O) groups excluding carboxylic acids is 1. The number of aromatic nitrogens is 2. The van der Waals surface area contributed by atoms with Gasteiger partial charge in [-0.1, -0.05) is 0 Å². The molecule has 4 heterocycles. The molecule has 0 atom stereocenters. The molecule has 0 spiro atoms. The van der Waals surface area contributed by atoms with E-state index in [1.165, 1.54) is 0 Å². The summed E-state index contributed by atoms with van der Waals surface area (Å²) >= 11 is 3.10. The lowest BCUT2D eigenvalue weighted by Gasteiger charge is -1.98. The van der Waals surface area contributed by atoms with Gasteiger partial charge in [-0.05, 0) is 51.5 Å². The van der Waals surface area contributed by atoms with Crippen LogP contribution in [0.2, 0.25) is 0 Å². The number of hydrogen-bond donors (Lipinski definition) is 0. The summed E-state index contributed by atoms with van der Waals surface area (Å²) in [5.41, 5.74) is 2.33. The Hall–Kier alpha value is -2.38. The van der Waals surface area contributed by atoms with Crippen LogP contribution in [0, 0.1) is 27.7 Å². The fraction of sp³-hybridized carbons (Fsp3) is 0.222. The highest BCUT2D eigenvalue weighted by Crippen LogP contribution is 2.34. The number of thiophene rings is 2. The summed E-state index contributed by atoms with van der Waals surface area (Å²) in [7, 11) is 0.